The molecular weight excluding hydrogens is 246 g/mol. The van der Waals surface area contributed by atoms with Crippen LogP contribution in [0.4, 0.5) is 0 Å². The first-order valence-corrected chi connectivity index (χ1v) is 6.29. The van der Waals surface area contributed by atoms with Crippen molar-refractivity contribution < 1.29 is 19.4 Å². The Labute approximate surface area is 111 Å². The number of rotatable bonds is 4. The molecule has 5 nitrogen and oxygen atoms in total. The molecule has 2 N–H and O–H groups in total. The molecule has 0 unspecified atom stereocenters. The van der Waals surface area contributed by atoms with Crippen LogP contribution < -0.4 is 5.32 Å². The number of carbonyl (C=O) groups excluding carboxylic acids is 1. The van der Waals surface area contributed by atoms with Gasteiger partial charge in [0.2, 0.25) is 5.91 Å². The Morgan fingerprint density at radius 3 is 2.68 bits per heavy atom. The topological polar surface area (TPSA) is 75.6 Å². The van der Waals surface area contributed by atoms with E-state index in [1.165, 1.54) is 0 Å². The molecule has 0 spiro atoms. The van der Waals surface area contributed by atoms with Crippen molar-refractivity contribution in [1.82, 2.24) is 5.32 Å². The second-order valence-corrected chi connectivity index (χ2v) is 4.67. The number of benzene rings is 1. The number of hydrogen-bond donors (Lipinski definition) is 2. The zero-order valence-electron chi connectivity index (χ0n) is 10.7. The van der Waals surface area contributed by atoms with Gasteiger partial charge in [0, 0.05) is 6.61 Å². The lowest BCUT2D eigenvalue weighted by atomic mass is 9.99. The summed E-state index contributed by atoms with van der Waals surface area (Å²) in [5.41, 5.74) is 0.908. The van der Waals surface area contributed by atoms with Crippen LogP contribution in [0.3, 0.4) is 0 Å². The van der Waals surface area contributed by atoms with Crippen molar-refractivity contribution in [2.45, 2.75) is 31.4 Å². The molecule has 2 rings (SSSR count). The van der Waals surface area contributed by atoms with E-state index < -0.39 is 18.1 Å². The molecular formula is C14H17NO4. The van der Waals surface area contributed by atoms with Crippen LogP contribution in [0.25, 0.3) is 0 Å². The van der Waals surface area contributed by atoms with Crippen molar-refractivity contribution in [3.63, 3.8) is 0 Å². The minimum absolute atomic E-state index is 0.173. The van der Waals surface area contributed by atoms with Gasteiger partial charge in [-0.1, -0.05) is 30.3 Å². The smallest absolute Gasteiger partial charge is 0.334 e. The molecule has 0 aromatic heterocycles. The quantitative estimate of drug-likeness (QED) is 0.854. The summed E-state index contributed by atoms with van der Waals surface area (Å²) in [6.07, 6.45) is -0.406. The SMILES string of the molecule is C[C@@H](C(=O)N[C@@H]1CCO[C@@H]1C(=O)O)c1ccccc1. The Hall–Kier alpha value is -1.88. The standard InChI is InChI=1S/C14H17NO4/c1-9(10-5-3-2-4-6-10)13(16)15-11-7-8-19-12(11)14(17)18/h2-6,9,11-12H,7-8H2,1H3,(H,15,16)(H,17,18)/t9-,11-,12+/m1/s1. The molecule has 1 amide bonds. The Bertz CT molecular complexity index is 460. The van der Waals surface area contributed by atoms with E-state index in [-0.39, 0.29) is 11.8 Å². The molecule has 1 aliphatic rings. The van der Waals surface area contributed by atoms with Crippen LogP contribution in [-0.2, 0) is 14.3 Å². The van der Waals surface area contributed by atoms with E-state index in [2.05, 4.69) is 5.32 Å². The Kier molecular flexibility index (Phi) is 4.16. The summed E-state index contributed by atoms with van der Waals surface area (Å²) in [4.78, 5) is 23.1. The molecule has 0 bridgehead atoms. The van der Waals surface area contributed by atoms with E-state index in [0.717, 1.165) is 5.56 Å². The molecule has 3 atom stereocenters. The molecule has 1 aromatic carbocycles. The summed E-state index contributed by atoms with van der Waals surface area (Å²) in [5.74, 6) is -1.51. The predicted molar refractivity (Wildman–Crippen MR) is 68.8 cm³/mol. The Balaban J connectivity index is 1.99. The molecule has 102 valence electrons. The van der Waals surface area contributed by atoms with E-state index in [9.17, 15) is 9.59 Å². The summed E-state index contributed by atoms with van der Waals surface area (Å²) in [6.45, 7) is 2.16. The third-order valence-corrected chi connectivity index (χ3v) is 3.36. The molecule has 1 saturated heterocycles. The van der Waals surface area contributed by atoms with E-state index >= 15 is 0 Å². The number of nitrogens with one attached hydrogen (secondary N) is 1. The molecule has 1 aliphatic heterocycles. The monoisotopic (exact) mass is 263 g/mol. The van der Waals surface area contributed by atoms with Crippen molar-refractivity contribution >= 4 is 11.9 Å². The second kappa shape index (κ2) is 5.84. The minimum Gasteiger partial charge on any atom is -0.479 e. The van der Waals surface area contributed by atoms with Gasteiger partial charge in [-0.25, -0.2) is 4.79 Å². The van der Waals surface area contributed by atoms with Crippen molar-refractivity contribution in [2.24, 2.45) is 0 Å². The first-order chi connectivity index (χ1) is 9.09. The maximum absolute atomic E-state index is 12.1. The highest BCUT2D eigenvalue weighted by molar-refractivity contribution is 5.84. The normalized spacial score (nSPS) is 23.8. The van der Waals surface area contributed by atoms with Crippen LogP contribution >= 0.6 is 0 Å². The van der Waals surface area contributed by atoms with E-state index in [1.807, 2.05) is 30.3 Å². The molecule has 19 heavy (non-hydrogen) atoms. The van der Waals surface area contributed by atoms with Crippen LogP contribution in [0.2, 0.25) is 0 Å². The summed E-state index contributed by atoms with van der Waals surface area (Å²) in [6, 6.07) is 8.94. The zero-order valence-corrected chi connectivity index (χ0v) is 10.7. The fourth-order valence-corrected chi connectivity index (χ4v) is 2.18. The summed E-state index contributed by atoms with van der Waals surface area (Å²) in [7, 11) is 0. The largest absolute Gasteiger partial charge is 0.479 e. The van der Waals surface area contributed by atoms with E-state index in [0.29, 0.717) is 13.0 Å². The number of carboxylic acids is 1. The van der Waals surface area contributed by atoms with Gasteiger partial charge in [0.05, 0.1) is 12.0 Å². The predicted octanol–water partition coefficient (Wildman–Crippen LogP) is 1.15. The highest BCUT2D eigenvalue weighted by atomic mass is 16.5. The van der Waals surface area contributed by atoms with Crippen molar-refractivity contribution in [3.05, 3.63) is 35.9 Å². The fraction of sp³-hybridized carbons (Fsp3) is 0.429. The van der Waals surface area contributed by atoms with Crippen LogP contribution in [0.15, 0.2) is 30.3 Å². The Morgan fingerprint density at radius 2 is 2.05 bits per heavy atom. The highest BCUT2D eigenvalue weighted by Gasteiger charge is 2.35. The van der Waals surface area contributed by atoms with Gasteiger partial charge in [-0.3, -0.25) is 4.79 Å². The maximum Gasteiger partial charge on any atom is 0.334 e. The average Bonchev–Trinajstić information content (AvgIpc) is 2.87. The first kappa shape index (κ1) is 13.5. The van der Waals surface area contributed by atoms with Gasteiger partial charge in [0.25, 0.3) is 0 Å². The number of hydrogen-bond acceptors (Lipinski definition) is 3. The van der Waals surface area contributed by atoms with Gasteiger partial charge in [-0.05, 0) is 18.9 Å². The van der Waals surface area contributed by atoms with Gasteiger partial charge < -0.3 is 15.2 Å². The van der Waals surface area contributed by atoms with Crippen LogP contribution in [-0.4, -0.2) is 35.7 Å². The lowest BCUT2D eigenvalue weighted by molar-refractivity contribution is -0.148. The highest BCUT2D eigenvalue weighted by Crippen LogP contribution is 2.18. The number of aliphatic carboxylic acids is 1. The molecule has 1 aromatic rings. The lowest BCUT2D eigenvalue weighted by Crippen LogP contribution is -2.45. The molecule has 1 heterocycles. The lowest BCUT2D eigenvalue weighted by Gasteiger charge is -2.19. The average molecular weight is 263 g/mol. The number of ether oxygens (including phenoxy) is 1. The molecule has 0 aliphatic carbocycles. The van der Waals surface area contributed by atoms with Crippen LogP contribution in [0.5, 0.6) is 0 Å². The third-order valence-electron chi connectivity index (χ3n) is 3.36. The molecule has 0 saturated carbocycles. The summed E-state index contributed by atoms with van der Waals surface area (Å²) < 4.78 is 5.10. The second-order valence-electron chi connectivity index (χ2n) is 4.67. The molecule has 1 fully saturated rings. The fourth-order valence-electron chi connectivity index (χ4n) is 2.18. The zero-order chi connectivity index (χ0) is 13.8. The van der Waals surface area contributed by atoms with Gasteiger partial charge in [-0.15, -0.1) is 0 Å². The van der Waals surface area contributed by atoms with Crippen molar-refractivity contribution in [1.29, 1.82) is 0 Å². The first-order valence-electron chi connectivity index (χ1n) is 6.29. The molecule has 0 radical (unpaired) electrons. The number of carboxylic acid groups (broad SMARTS) is 1. The minimum atomic E-state index is -1.03. The van der Waals surface area contributed by atoms with Crippen LogP contribution in [0, 0.1) is 0 Å². The van der Waals surface area contributed by atoms with Crippen molar-refractivity contribution in [2.75, 3.05) is 6.61 Å². The van der Waals surface area contributed by atoms with E-state index in [4.69, 9.17) is 9.84 Å². The number of amides is 1. The van der Waals surface area contributed by atoms with E-state index in [1.54, 1.807) is 6.92 Å². The van der Waals surface area contributed by atoms with Crippen LogP contribution in [0.1, 0.15) is 24.8 Å². The molecule has 5 heteroatoms. The maximum atomic E-state index is 12.1. The van der Waals surface area contributed by atoms with Gasteiger partial charge in [0.1, 0.15) is 0 Å². The third kappa shape index (κ3) is 3.12. The van der Waals surface area contributed by atoms with Crippen molar-refractivity contribution in [3.8, 4) is 0 Å². The van der Waals surface area contributed by atoms with Gasteiger partial charge >= 0.3 is 5.97 Å². The number of carbonyl (C=O) groups is 2. The van der Waals surface area contributed by atoms with Gasteiger partial charge in [-0.2, -0.15) is 0 Å². The summed E-state index contributed by atoms with van der Waals surface area (Å²) in [5, 5.41) is 11.7. The summed E-state index contributed by atoms with van der Waals surface area (Å²) >= 11 is 0. The van der Waals surface area contributed by atoms with Gasteiger partial charge in [0.15, 0.2) is 6.10 Å². The Morgan fingerprint density at radius 1 is 1.37 bits per heavy atom.